The molecule has 0 bridgehead atoms. The molecule has 12 unspecified atom stereocenters. The Morgan fingerprint density at radius 2 is 0.935 bits per heavy atom. The topological polar surface area (TPSA) is 611 Å². The molecule has 42 nitrogen and oxygen atoms in total. The molecule has 1 aromatic rings. The zero-order valence-corrected chi connectivity index (χ0v) is 54.8. The zero-order valence-electron chi connectivity index (χ0n) is 48.7. The van der Waals surface area contributed by atoms with Crippen LogP contribution in [0.2, 0.25) is 0 Å². The summed E-state index contributed by atoms with van der Waals surface area (Å²) in [6.07, 6.45) is -34.0. The molecule has 5 saturated heterocycles. The summed E-state index contributed by atoms with van der Waals surface area (Å²) in [6, 6.07) is 2.82. The summed E-state index contributed by atoms with van der Waals surface area (Å²) in [4.78, 5) is 8.43. The normalized spacial score (nSPS) is 37.2. The summed E-state index contributed by atoms with van der Waals surface area (Å²) in [7, 11) is -27.7. The van der Waals surface area contributed by atoms with E-state index in [-0.39, 0.29) is 0 Å². The number of aliphatic hydroxyl groups is 1. The van der Waals surface area contributed by atoms with Crippen molar-refractivity contribution in [3.63, 3.8) is 0 Å². The molecule has 0 saturated carbocycles. The van der Waals surface area contributed by atoms with E-state index in [0.717, 1.165) is 6.89 Å². The van der Waals surface area contributed by atoms with Crippen LogP contribution in [0.4, 0.5) is 0 Å². The maximum atomic E-state index is 13.0. The fraction of sp³-hybridized carbons (Fsp3) is 0.850. The molecule has 5 aliphatic heterocycles. The number of benzene rings is 1. The van der Waals surface area contributed by atoms with E-state index in [2.05, 4.69) is 42.6 Å². The van der Waals surface area contributed by atoms with E-state index < -0.39 is 247 Å². The van der Waals surface area contributed by atoms with Crippen LogP contribution < -0.4 is 0 Å². The fourth-order valence-electron chi connectivity index (χ4n) is 10.9. The molecule has 27 atom stereocenters. The number of aliphatic hydroxyl groups excluding tert-OH is 1. The maximum absolute atomic E-state index is 13.0. The number of rotatable bonds is 33. The van der Waals surface area contributed by atoms with Gasteiger partial charge < -0.3 is 0 Å². The fourth-order valence-corrected chi connectivity index (χ4v) is 15.3. The molecule has 0 amide bonds. The van der Waals surface area contributed by atoms with Crippen molar-refractivity contribution in [3.05, 3.63) is 67.2 Å². The van der Waals surface area contributed by atoms with Gasteiger partial charge in [0.1, 0.15) is 12.2 Å². The van der Waals surface area contributed by atoms with E-state index >= 15 is 0 Å². The van der Waals surface area contributed by atoms with Crippen molar-refractivity contribution in [2.75, 3.05) is 19.8 Å². The van der Waals surface area contributed by atoms with Gasteiger partial charge in [-0.2, -0.15) is 16.8 Å². The Labute approximate surface area is 537 Å². The SMILES string of the molecule is CC1O[C@@H](O[C@@H]2C(COS(=O)(=O)O)O[C@@H](O[C@@H]3C(C)O[C@@H](O[C@@H]4C(COS(=O)(=O)O)O[C@@H](C)C(N=[N+]=[N-])[C@H]4P[B]B=O)C(OS(=O)(=O)O)[C@@H]3OCc3ccccc3)C(N=[N+]=[N-])[C@H]2OS(=O)(=O)O)C(O)[C@@H](C)[C@@H]1O[C@@H]1OC(COS(=O)(=O)O)[C@@H](C)[C@H](P[B]B=O)C1N=[N+]=[N-]. The van der Waals surface area contributed by atoms with Gasteiger partial charge in [0.25, 0.3) is 0 Å². The Bertz CT molecular complexity index is 3440. The summed E-state index contributed by atoms with van der Waals surface area (Å²) < 4.78 is 281. The van der Waals surface area contributed by atoms with Gasteiger partial charge in [0, 0.05) is 4.91 Å². The van der Waals surface area contributed by atoms with Gasteiger partial charge in [0.2, 0.25) is 0 Å². The number of hydrogen-bond acceptors (Lipinski definition) is 31. The van der Waals surface area contributed by atoms with Crippen LogP contribution in [0, 0.1) is 11.8 Å². The Hall–Kier alpha value is -3.22. The average molecular weight is 1460 g/mol. The van der Waals surface area contributed by atoms with E-state index in [4.69, 9.17) is 55.7 Å². The summed E-state index contributed by atoms with van der Waals surface area (Å²) in [5.41, 5.74) is 27.6. The average Bonchev–Trinajstić information content (AvgIpc) is 0.769. The van der Waals surface area contributed by atoms with E-state index in [1.807, 2.05) is 0 Å². The van der Waals surface area contributed by atoms with Crippen molar-refractivity contribution in [3.8, 4) is 0 Å². The van der Waals surface area contributed by atoms with Gasteiger partial charge in [-0.05, 0) is 5.53 Å². The molecule has 93 heavy (non-hydrogen) atoms. The molecule has 0 aromatic heterocycles. The van der Waals surface area contributed by atoms with Crippen LogP contribution in [0.3, 0.4) is 0 Å². The molecular formula is C40H61B4N9O33P2S5. The van der Waals surface area contributed by atoms with Gasteiger partial charge in [0.15, 0.2) is 0 Å². The number of azide groups is 3. The van der Waals surface area contributed by atoms with Crippen LogP contribution >= 0.6 is 16.9 Å². The quantitative estimate of drug-likeness (QED) is 0.0130. The Morgan fingerprint density at radius 3 is 1.48 bits per heavy atom. The van der Waals surface area contributed by atoms with Crippen LogP contribution in [-0.2, 0) is 136 Å². The zero-order chi connectivity index (χ0) is 69.0. The first-order valence-corrected chi connectivity index (χ1v) is 36.2. The molecule has 1 aromatic carbocycles. The molecule has 53 heteroatoms. The van der Waals surface area contributed by atoms with Crippen molar-refractivity contribution >= 4 is 96.8 Å². The van der Waals surface area contributed by atoms with Crippen LogP contribution in [0.1, 0.15) is 40.2 Å². The molecular weight excluding hydrogens is 1400 g/mol. The second kappa shape index (κ2) is 34.5. The van der Waals surface area contributed by atoms with E-state index in [1.165, 1.54) is 46.7 Å². The standard InChI is InChI=1S/C40H61B4N9O33P2S5/c1-15-21(12-73-89(57,58)59)79-38(26(50-53-47)35(15)87-43-41-55)81-28-16(2)27(54)39(77-18(28)4)83-30-22(13-74-90(60,61)62)80-37(25(49-52-46)32(30)85-92(66,67)68)82-29-19(5)78-40(34(86-93(69,70)71)33(29)72-11-20-9-7-6-8-10-20)84-31-23(14-75-91(63,64)65)76-17(3)24(48-51-45)36(31)88-44-42-56/h6-10,15-19,21-40,54,87-88H,11-14H2,1-5H3,(H,57,58,59)(H,60,61,62)(H,63,64,65)(H,66,67,68)(H,69,70,71)/t15-,16-,17+,18?,19?,21?,22?,23?,24?,25?,26?,27?,28+,29-,30-,31-,32-,33-,34?,35+,36-,37+,38+,39+,40+/m1/s1. The summed E-state index contributed by atoms with van der Waals surface area (Å²) in [5.74, 6) is -2.00. The van der Waals surface area contributed by atoms with Crippen LogP contribution in [0.15, 0.2) is 45.7 Å². The Balaban J connectivity index is 1.40. The molecule has 6 N–H and O–H groups in total. The molecule has 516 valence electrons. The van der Waals surface area contributed by atoms with Crippen molar-refractivity contribution < 1.29 is 148 Å². The second-order valence-electron chi connectivity index (χ2n) is 20.9. The number of ether oxygens (including phenoxy) is 10. The van der Waals surface area contributed by atoms with Crippen molar-refractivity contribution in [2.24, 2.45) is 27.2 Å². The van der Waals surface area contributed by atoms with Gasteiger partial charge >= 0.3 is 453 Å². The second-order valence-corrected chi connectivity index (χ2v) is 29.0. The molecule has 2 radical (unpaired) electrons. The number of nitrogens with zero attached hydrogens (tertiary/aromatic N) is 9. The first kappa shape index (κ1) is 78.8. The van der Waals surface area contributed by atoms with Crippen molar-refractivity contribution in [1.29, 1.82) is 0 Å². The minimum atomic E-state index is -5.85. The van der Waals surface area contributed by atoms with Gasteiger partial charge in [-0.1, -0.05) is 23.3 Å². The molecule has 5 aliphatic rings. The molecule has 6 rings (SSSR count). The Morgan fingerprint density at radius 1 is 0.484 bits per heavy atom. The van der Waals surface area contributed by atoms with Crippen LogP contribution in [0.25, 0.3) is 31.3 Å². The summed E-state index contributed by atoms with van der Waals surface area (Å²) in [6.45, 7) is 5.19. The van der Waals surface area contributed by atoms with Crippen molar-refractivity contribution in [1.82, 2.24) is 0 Å². The van der Waals surface area contributed by atoms with Gasteiger partial charge in [-0.15, -0.1) is 0 Å². The van der Waals surface area contributed by atoms with Gasteiger partial charge in [-0.25, -0.2) is 8.37 Å². The Kier molecular flexibility index (Phi) is 29.2. The first-order valence-electron chi connectivity index (χ1n) is 27.1. The summed E-state index contributed by atoms with van der Waals surface area (Å²) >= 11 is 0. The molecule has 5 heterocycles. The molecule has 0 aliphatic carbocycles. The van der Waals surface area contributed by atoms with E-state index in [9.17, 15) is 96.0 Å². The van der Waals surface area contributed by atoms with Crippen LogP contribution in [0.5, 0.6) is 0 Å². The third kappa shape index (κ3) is 22.9. The van der Waals surface area contributed by atoms with E-state index in [1.54, 1.807) is 25.1 Å². The van der Waals surface area contributed by atoms with E-state index in [0.29, 0.717) is 19.6 Å². The predicted octanol–water partition coefficient (Wildman–Crippen LogP) is -0.395. The van der Waals surface area contributed by atoms with Crippen molar-refractivity contribution in [2.45, 2.75) is 181 Å². The minimum absolute atomic E-state index is 0.336. The van der Waals surface area contributed by atoms with Gasteiger partial charge in [-0.3, -0.25) is 9.11 Å². The third-order valence-corrected chi connectivity index (χ3v) is 20.1. The molecule has 5 fully saturated rings. The monoisotopic (exact) mass is 1460 g/mol. The predicted molar refractivity (Wildman–Crippen MR) is 312 cm³/mol. The molecule has 0 spiro atoms. The van der Waals surface area contributed by atoms with Gasteiger partial charge in [0.05, 0.1) is 6.61 Å². The number of hydrogen-bond donors (Lipinski definition) is 6. The summed E-state index contributed by atoms with van der Waals surface area (Å²) in [5, 5.41) is 23.1. The van der Waals surface area contributed by atoms with Crippen LogP contribution in [-0.4, -0.2) is 258 Å². The first-order chi connectivity index (χ1) is 43.5. The third-order valence-electron chi connectivity index (χ3n) is 14.9.